The molecule has 0 unspecified atom stereocenters. The predicted octanol–water partition coefficient (Wildman–Crippen LogP) is 1.13. The second-order valence-corrected chi connectivity index (χ2v) is 8.24. The van der Waals surface area contributed by atoms with Gasteiger partial charge in [0.25, 0.3) is 0 Å². The fourth-order valence-electron chi connectivity index (χ4n) is 2.77. The molecule has 126 valence electrons. The average molecular weight is 342 g/mol. The summed E-state index contributed by atoms with van der Waals surface area (Å²) in [4.78, 5) is 12.8. The molecule has 6 nitrogen and oxygen atoms in total. The highest BCUT2D eigenvalue weighted by Crippen LogP contribution is 2.31. The van der Waals surface area contributed by atoms with E-state index in [1.165, 1.54) is 16.4 Å². The minimum Gasteiger partial charge on any atom is -0.478 e. The van der Waals surface area contributed by atoms with Gasteiger partial charge in [-0.2, -0.15) is 4.31 Å². The van der Waals surface area contributed by atoms with Gasteiger partial charge in [-0.3, -0.25) is 4.90 Å². The summed E-state index contributed by atoms with van der Waals surface area (Å²) in [6.45, 7) is 2.29. The summed E-state index contributed by atoms with van der Waals surface area (Å²) in [5.41, 5.74) is 0.347. The van der Waals surface area contributed by atoms with Gasteiger partial charge in [0.2, 0.25) is 10.0 Å². The van der Waals surface area contributed by atoms with Gasteiger partial charge < -0.3 is 5.11 Å². The van der Waals surface area contributed by atoms with E-state index in [-0.39, 0.29) is 10.8 Å². The molecule has 8 heteroatoms. The number of carboxylic acids is 1. The van der Waals surface area contributed by atoms with Crippen molar-refractivity contribution >= 4 is 16.0 Å². The van der Waals surface area contributed by atoms with Crippen molar-refractivity contribution in [3.8, 4) is 0 Å². The molecule has 1 aliphatic carbocycles. The normalized spacial score (nSPS) is 20.6. The summed E-state index contributed by atoms with van der Waals surface area (Å²) in [7, 11) is -3.14. The Labute approximate surface area is 134 Å². The molecule has 3 rings (SSSR count). The van der Waals surface area contributed by atoms with E-state index in [0.717, 1.165) is 18.9 Å². The summed E-state index contributed by atoms with van der Waals surface area (Å²) in [6, 6.07) is 3.88. The van der Waals surface area contributed by atoms with Crippen LogP contribution in [0.5, 0.6) is 0 Å². The Morgan fingerprint density at radius 1 is 1.22 bits per heavy atom. The lowest BCUT2D eigenvalue weighted by Crippen LogP contribution is -2.49. The highest BCUT2D eigenvalue weighted by Gasteiger charge is 2.40. The van der Waals surface area contributed by atoms with Crippen LogP contribution in [0.15, 0.2) is 18.2 Å². The second-order valence-electron chi connectivity index (χ2n) is 6.03. The van der Waals surface area contributed by atoms with E-state index < -0.39 is 21.8 Å². The van der Waals surface area contributed by atoms with Crippen LogP contribution in [-0.2, 0) is 16.6 Å². The van der Waals surface area contributed by atoms with Crippen molar-refractivity contribution in [2.45, 2.75) is 24.6 Å². The number of benzene rings is 1. The summed E-state index contributed by atoms with van der Waals surface area (Å²) in [5.74, 6) is -1.70. The van der Waals surface area contributed by atoms with Crippen LogP contribution in [0.1, 0.15) is 28.8 Å². The van der Waals surface area contributed by atoms with E-state index in [9.17, 15) is 17.6 Å². The number of halogens is 1. The Morgan fingerprint density at radius 3 is 2.39 bits per heavy atom. The zero-order valence-electron chi connectivity index (χ0n) is 12.6. The molecule has 1 heterocycles. The van der Waals surface area contributed by atoms with Crippen LogP contribution in [0.2, 0.25) is 0 Å². The van der Waals surface area contributed by atoms with Crippen molar-refractivity contribution in [3.63, 3.8) is 0 Å². The summed E-state index contributed by atoms with van der Waals surface area (Å²) in [6.07, 6.45) is 1.51. The Kier molecular flexibility index (Phi) is 4.39. The number of aromatic carboxylic acids is 1. The monoisotopic (exact) mass is 342 g/mol. The first-order chi connectivity index (χ1) is 10.9. The van der Waals surface area contributed by atoms with Gasteiger partial charge in [-0.1, -0.05) is 6.07 Å². The third-order valence-corrected chi connectivity index (χ3v) is 6.73. The van der Waals surface area contributed by atoms with Crippen LogP contribution in [-0.4, -0.2) is 60.1 Å². The highest BCUT2D eigenvalue weighted by atomic mass is 32.2. The van der Waals surface area contributed by atoms with Crippen LogP contribution in [0.4, 0.5) is 4.39 Å². The quantitative estimate of drug-likeness (QED) is 0.868. The highest BCUT2D eigenvalue weighted by molar-refractivity contribution is 7.90. The molecule has 0 bridgehead atoms. The Bertz CT molecular complexity index is 710. The first-order valence-corrected chi connectivity index (χ1v) is 9.11. The van der Waals surface area contributed by atoms with Crippen LogP contribution >= 0.6 is 0 Å². The van der Waals surface area contributed by atoms with E-state index >= 15 is 0 Å². The van der Waals surface area contributed by atoms with Crippen molar-refractivity contribution < 1.29 is 22.7 Å². The van der Waals surface area contributed by atoms with Crippen molar-refractivity contribution in [2.24, 2.45) is 0 Å². The minimum atomic E-state index is -3.14. The standard InChI is InChI=1S/C15H19FN2O4S/c16-14-9-11(15(19)20)1-2-12(14)10-17-5-7-18(8-6-17)23(21,22)13-3-4-13/h1-2,9,13H,3-8,10H2,(H,19,20). The zero-order chi connectivity index (χ0) is 16.6. The predicted molar refractivity (Wildman–Crippen MR) is 82.2 cm³/mol. The van der Waals surface area contributed by atoms with Gasteiger partial charge in [-0.15, -0.1) is 0 Å². The van der Waals surface area contributed by atoms with E-state index in [0.29, 0.717) is 38.3 Å². The lowest BCUT2D eigenvalue weighted by Gasteiger charge is -2.34. The first kappa shape index (κ1) is 16.4. The van der Waals surface area contributed by atoms with E-state index in [1.807, 2.05) is 4.90 Å². The number of carboxylic acid groups (broad SMARTS) is 1. The minimum absolute atomic E-state index is 0.0772. The Morgan fingerprint density at radius 2 is 1.87 bits per heavy atom. The number of rotatable bonds is 5. The third kappa shape index (κ3) is 3.54. The molecule has 1 aromatic rings. The number of carbonyl (C=O) groups is 1. The topological polar surface area (TPSA) is 77.9 Å². The lowest BCUT2D eigenvalue weighted by atomic mass is 10.1. The molecule has 0 amide bonds. The van der Waals surface area contributed by atoms with Gasteiger partial charge in [0.1, 0.15) is 5.82 Å². The third-order valence-electron chi connectivity index (χ3n) is 4.33. The summed E-state index contributed by atoms with van der Waals surface area (Å²) < 4.78 is 39.8. The van der Waals surface area contributed by atoms with E-state index in [1.54, 1.807) is 0 Å². The molecule has 0 atom stereocenters. The van der Waals surface area contributed by atoms with Crippen LogP contribution in [0, 0.1) is 5.82 Å². The number of piperazine rings is 1. The smallest absolute Gasteiger partial charge is 0.335 e. The van der Waals surface area contributed by atoms with Crippen LogP contribution in [0.25, 0.3) is 0 Å². The molecule has 2 aliphatic rings. The largest absolute Gasteiger partial charge is 0.478 e. The molecule has 0 aromatic heterocycles. The number of hydrogen-bond acceptors (Lipinski definition) is 4. The van der Waals surface area contributed by atoms with E-state index in [2.05, 4.69) is 0 Å². The molecular formula is C15H19FN2O4S. The van der Waals surface area contributed by atoms with Crippen molar-refractivity contribution in [1.29, 1.82) is 0 Å². The summed E-state index contributed by atoms with van der Waals surface area (Å²) in [5, 5.41) is 8.64. The average Bonchev–Trinajstić information content (AvgIpc) is 3.35. The van der Waals surface area contributed by atoms with Crippen LogP contribution in [0.3, 0.4) is 0 Å². The molecule has 0 radical (unpaired) electrons. The van der Waals surface area contributed by atoms with Gasteiger partial charge in [-0.05, 0) is 25.0 Å². The molecule has 1 saturated carbocycles. The Balaban J connectivity index is 1.59. The van der Waals surface area contributed by atoms with Gasteiger partial charge in [0.05, 0.1) is 10.8 Å². The molecule has 23 heavy (non-hydrogen) atoms. The van der Waals surface area contributed by atoms with Crippen molar-refractivity contribution in [3.05, 3.63) is 35.1 Å². The number of sulfonamides is 1. The maximum absolute atomic E-state index is 13.9. The van der Waals surface area contributed by atoms with Gasteiger partial charge >= 0.3 is 5.97 Å². The summed E-state index contributed by atoms with van der Waals surface area (Å²) >= 11 is 0. The fraction of sp³-hybridized carbons (Fsp3) is 0.533. The second kappa shape index (κ2) is 6.18. The Hall–Kier alpha value is -1.51. The molecule has 1 saturated heterocycles. The first-order valence-electron chi connectivity index (χ1n) is 7.61. The van der Waals surface area contributed by atoms with Crippen molar-refractivity contribution in [1.82, 2.24) is 9.21 Å². The van der Waals surface area contributed by atoms with Crippen LogP contribution < -0.4 is 0 Å². The number of hydrogen-bond donors (Lipinski definition) is 1. The number of nitrogens with zero attached hydrogens (tertiary/aromatic N) is 2. The van der Waals surface area contributed by atoms with E-state index in [4.69, 9.17) is 5.11 Å². The molecule has 2 fully saturated rings. The lowest BCUT2D eigenvalue weighted by molar-refractivity contribution is 0.0696. The fourth-order valence-corrected chi connectivity index (χ4v) is 4.59. The maximum atomic E-state index is 13.9. The molecule has 0 spiro atoms. The molecule has 1 N–H and O–H groups in total. The molecule has 1 aromatic carbocycles. The van der Waals surface area contributed by atoms with Gasteiger partial charge in [-0.25, -0.2) is 17.6 Å². The van der Waals surface area contributed by atoms with Gasteiger partial charge in [0.15, 0.2) is 0 Å². The zero-order valence-corrected chi connectivity index (χ0v) is 13.4. The van der Waals surface area contributed by atoms with Crippen molar-refractivity contribution in [2.75, 3.05) is 26.2 Å². The SMILES string of the molecule is O=C(O)c1ccc(CN2CCN(S(=O)(=O)C3CC3)CC2)c(F)c1. The maximum Gasteiger partial charge on any atom is 0.335 e. The molecular weight excluding hydrogens is 323 g/mol. The molecule has 1 aliphatic heterocycles. The van der Waals surface area contributed by atoms with Gasteiger partial charge in [0, 0.05) is 38.3 Å².